The van der Waals surface area contributed by atoms with Gasteiger partial charge in [0.25, 0.3) is 5.91 Å². The Balaban J connectivity index is 2.42. The minimum Gasteiger partial charge on any atom is -0.368 e. The second-order valence-corrected chi connectivity index (χ2v) is 4.51. The zero-order chi connectivity index (χ0) is 14.5. The number of nitrogens with one attached hydrogen (secondary N) is 1. The Morgan fingerprint density at radius 2 is 1.95 bits per heavy atom. The van der Waals surface area contributed by atoms with Crippen molar-refractivity contribution in [3.63, 3.8) is 0 Å². The molecule has 0 fully saturated rings. The maximum atomic E-state index is 12.2. The average Bonchev–Trinajstić information content (AvgIpc) is 2.39. The van der Waals surface area contributed by atoms with Gasteiger partial charge in [0.1, 0.15) is 0 Å². The summed E-state index contributed by atoms with van der Waals surface area (Å²) >= 11 is 0. The lowest BCUT2D eigenvalue weighted by Crippen LogP contribution is -2.26. The number of carbonyl (C=O) groups is 1. The molecule has 0 radical (unpaired) electrons. The number of aryl methyl sites for hydroxylation is 1. The molecule has 0 spiro atoms. The van der Waals surface area contributed by atoms with Gasteiger partial charge in [0, 0.05) is 13.0 Å². The standard InChI is InChI=1S/C15H18N4O/c1-3-17-14(20)13-10(2)18-15(16)19-12(13)9-11-7-5-4-6-8-11/h4-8H,3,9H2,1-2H3,(H,17,20)(H2,16,18,19). The van der Waals surface area contributed by atoms with Crippen LogP contribution in [0.5, 0.6) is 0 Å². The molecule has 1 aromatic heterocycles. The van der Waals surface area contributed by atoms with E-state index in [4.69, 9.17) is 5.73 Å². The Bertz CT molecular complexity index is 611. The summed E-state index contributed by atoms with van der Waals surface area (Å²) in [5.74, 6) is 0.0393. The number of hydrogen-bond acceptors (Lipinski definition) is 4. The van der Waals surface area contributed by atoms with Crippen molar-refractivity contribution in [3.8, 4) is 0 Å². The van der Waals surface area contributed by atoms with Crippen LogP contribution in [0.25, 0.3) is 0 Å². The minimum atomic E-state index is -0.157. The zero-order valence-electron chi connectivity index (χ0n) is 11.7. The third-order valence-corrected chi connectivity index (χ3v) is 2.96. The predicted octanol–water partition coefficient (Wildman–Crippen LogP) is 1.71. The Hall–Kier alpha value is -2.43. The van der Waals surface area contributed by atoms with Gasteiger partial charge in [0.05, 0.1) is 17.0 Å². The molecule has 0 aliphatic carbocycles. The zero-order valence-corrected chi connectivity index (χ0v) is 11.7. The van der Waals surface area contributed by atoms with Crippen LogP contribution in [0.15, 0.2) is 30.3 Å². The first kappa shape index (κ1) is 14.0. The van der Waals surface area contributed by atoms with Crippen molar-refractivity contribution < 1.29 is 4.79 Å². The molecular weight excluding hydrogens is 252 g/mol. The van der Waals surface area contributed by atoms with Crippen LogP contribution in [0.4, 0.5) is 5.95 Å². The quantitative estimate of drug-likeness (QED) is 0.886. The molecule has 5 heteroatoms. The van der Waals surface area contributed by atoms with Crippen molar-refractivity contribution in [1.82, 2.24) is 15.3 Å². The van der Waals surface area contributed by atoms with Crippen molar-refractivity contribution in [2.24, 2.45) is 0 Å². The van der Waals surface area contributed by atoms with Crippen molar-refractivity contribution >= 4 is 11.9 Å². The number of nitrogens with two attached hydrogens (primary N) is 1. The molecule has 3 N–H and O–H groups in total. The first-order valence-electron chi connectivity index (χ1n) is 6.57. The molecule has 0 saturated heterocycles. The average molecular weight is 270 g/mol. The second kappa shape index (κ2) is 6.14. The van der Waals surface area contributed by atoms with Crippen LogP contribution in [0, 0.1) is 6.92 Å². The van der Waals surface area contributed by atoms with E-state index in [-0.39, 0.29) is 11.9 Å². The molecule has 1 amide bonds. The Kier molecular flexibility index (Phi) is 4.30. The largest absolute Gasteiger partial charge is 0.368 e. The molecule has 0 aliphatic rings. The van der Waals surface area contributed by atoms with Crippen LogP contribution in [-0.2, 0) is 6.42 Å². The maximum Gasteiger partial charge on any atom is 0.254 e. The third kappa shape index (κ3) is 3.12. The molecule has 2 aromatic rings. The molecule has 0 unspecified atom stereocenters. The molecule has 0 atom stereocenters. The molecule has 20 heavy (non-hydrogen) atoms. The predicted molar refractivity (Wildman–Crippen MR) is 78.4 cm³/mol. The van der Waals surface area contributed by atoms with Crippen molar-refractivity contribution in [2.45, 2.75) is 20.3 Å². The SMILES string of the molecule is CCNC(=O)c1c(C)nc(N)nc1Cc1ccccc1. The van der Waals surface area contributed by atoms with Gasteiger partial charge in [-0.2, -0.15) is 0 Å². The summed E-state index contributed by atoms with van der Waals surface area (Å²) in [6, 6.07) is 9.86. The summed E-state index contributed by atoms with van der Waals surface area (Å²) < 4.78 is 0. The lowest BCUT2D eigenvalue weighted by molar-refractivity contribution is 0.0953. The van der Waals surface area contributed by atoms with E-state index in [1.165, 1.54) is 0 Å². The normalized spacial score (nSPS) is 10.3. The van der Waals surface area contributed by atoms with Crippen LogP contribution < -0.4 is 11.1 Å². The van der Waals surface area contributed by atoms with Gasteiger partial charge in [0.15, 0.2) is 0 Å². The summed E-state index contributed by atoms with van der Waals surface area (Å²) in [4.78, 5) is 20.5. The Morgan fingerprint density at radius 1 is 1.25 bits per heavy atom. The molecule has 2 rings (SSSR count). The highest BCUT2D eigenvalue weighted by Crippen LogP contribution is 2.16. The lowest BCUT2D eigenvalue weighted by Gasteiger charge is -2.11. The topological polar surface area (TPSA) is 80.9 Å². The minimum absolute atomic E-state index is 0.157. The summed E-state index contributed by atoms with van der Waals surface area (Å²) in [6.07, 6.45) is 0.556. The third-order valence-electron chi connectivity index (χ3n) is 2.96. The van der Waals surface area contributed by atoms with Crippen LogP contribution >= 0.6 is 0 Å². The highest BCUT2D eigenvalue weighted by Gasteiger charge is 2.17. The van der Waals surface area contributed by atoms with Gasteiger partial charge in [-0.25, -0.2) is 9.97 Å². The number of carbonyl (C=O) groups excluding carboxylic acids is 1. The number of nitrogens with zero attached hydrogens (tertiary/aromatic N) is 2. The van der Waals surface area contributed by atoms with Crippen LogP contribution in [0.1, 0.15) is 34.2 Å². The number of aromatic nitrogens is 2. The summed E-state index contributed by atoms with van der Waals surface area (Å²) in [5.41, 5.74) is 8.57. The van der Waals surface area contributed by atoms with E-state index in [2.05, 4.69) is 15.3 Å². The van der Waals surface area contributed by atoms with E-state index < -0.39 is 0 Å². The monoisotopic (exact) mass is 270 g/mol. The van der Waals surface area contributed by atoms with Gasteiger partial charge >= 0.3 is 0 Å². The highest BCUT2D eigenvalue weighted by atomic mass is 16.1. The van der Waals surface area contributed by atoms with Gasteiger partial charge in [0.2, 0.25) is 5.95 Å². The Morgan fingerprint density at radius 3 is 2.60 bits per heavy atom. The fraction of sp³-hybridized carbons (Fsp3) is 0.267. The van der Waals surface area contributed by atoms with E-state index in [0.29, 0.717) is 29.9 Å². The molecule has 1 heterocycles. The van der Waals surface area contributed by atoms with E-state index in [1.54, 1.807) is 6.92 Å². The molecule has 1 aromatic carbocycles. The fourth-order valence-corrected chi connectivity index (χ4v) is 2.12. The van der Waals surface area contributed by atoms with E-state index >= 15 is 0 Å². The van der Waals surface area contributed by atoms with Crippen molar-refractivity contribution in [3.05, 3.63) is 52.8 Å². The van der Waals surface area contributed by atoms with Gasteiger partial charge in [-0.1, -0.05) is 30.3 Å². The van der Waals surface area contributed by atoms with E-state index in [0.717, 1.165) is 5.56 Å². The maximum absolute atomic E-state index is 12.2. The number of rotatable bonds is 4. The van der Waals surface area contributed by atoms with Gasteiger partial charge < -0.3 is 11.1 Å². The van der Waals surface area contributed by atoms with Crippen LogP contribution in [-0.4, -0.2) is 22.4 Å². The second-order valence-electron chi connectivity index (χ2n) is 4.51. The van der Waals surface area contributed by atoms with Crippen LogP contribution in [0.3, 0.4) is 0 Å². The highest BCUT2D eigenvalue weighted by molar-refractivity contribution is 5.96. The van der Waals surface area contributed by atoms with Gasteiger partial charge in [-0.15, -0.1) is 0 Å². The van der Waals surface area contributed by atoms with Gasteiger partial charge in [-0.05, 0) is 19.4 Å². The molecule has 0 saturated carbocycles. The van der Waals surface area contributed by atoms with E-state index in [1.807, 2.05) is 37.3 Å². The van der Waals surface area contributed by atoms with Crippen molar-refractivity contribution in [1.29, 1.82) is 0 Å². The van der Waals surface area contributed by atoms with Crippen molar-refractivity contribution in [2.75, 3.05) is 12.3 Å². The summed E-state index contributed by atoms with van der Waals surface area (Å²) in [5, 5.41) is 2.79. The smallest absolute Gasteiger partial charge is 0.254 e. The molecule has 104 valence electrons. The summed E-state index contributed by atoms with van der Waals surface area (Å²) in [6.45, 7) is 4.22. The molecule has 5 nitrogen and oxygen atoms in total. The molecule has 0 bridgehead atoms. The fourth-order valence-electron chi connectivity index (χ4n) is 2.12. The number of benzene rings is 1. The van der Waals surface area contributed by atoms with Gasteiger partial charge in [-0.3, -0.25) is 4.79 Å². The number of hydrogen-bond donors (Lipinski definition) is 2. The number of amides is 1. The Labute approximate surface area is 118 Å². The first-order chi connectivity index (χ1) is 9.61. The molecule has 0 aliphatic heterocycles. The first-order valence-corrected chi connectivity index (χ1v) is 6.57. The van der Waals surface area contributed by atoms with E-state index in [9.17, 15) is 4.79 Å². The number of nitrogen functional groups attached to an aromatic ring is 1. The number of anilines is 1. The van der Waals surface area contributed by atoms with Crippen LogP contribution in [0.2, 0.25) is 0 Å². The summed E-state index contributed by atoms with van der Waals surface area (Å²) in [7, 11) is 0. The molecular formula is C15H18N4O. The lowest BCUT2D eigenvalue weighted by atomic mass is 10.0.